The van der Waals surface area contributed by atoms with Gasteiger partial charge in [0.25, 0.3) is 0 Å². The number of carboxylic acid groups (broad SMARTS) is 1. The molecule has 4 aromatic rings. The number of aliphatic hydroxyl groups is 2. The normalized spacial score (nSPS) is 20.3. The zero-order chi connectivity index (χ0) is 33.4. The number of rotatable bonds is 13. The summed E-state index contributed by atoms with van der Waals surface area (Å²) in [5.74, 6) is -2.49. The molecule has 0 radical (unpaired) electrons. The van der Waals surface area contributed by atoms with Crippen LogP contribution in [-0.2, 0) is 47.4 Å². The summed E-state index contributed by atoms with van der Waals surface area (Å²) < 4.78 is 29.3. The Balaban J connectivity index is 1.53. The Morgan fingerprint density at radius 3 is 2.09 bits per heavy atom. The highest BCUT2D eigenvalue weighted by Gasteiger charge is 2.52. The number of ether oxygens (including phenoxy) is 5. The molecule has 12 heteroatoms. The lowest BCUT2D eigenvalue weighted by Crippen LogP contribution is -2.56. The van der Waals surface area contributed by atoms with Crippen molar-refractivity contribution in [1.29, 1.82) is 0 Å². The number of esters is 1. The number of aliphatic carboxylic acids is 1. The fourth-order valence-corrected chi connectivity index (χ4v) is 5.44. The first-order valence-corrected chi connectivity index (χ1v) is 14.9. The van der Waals surface area contributed by atoms with Gasteiger partial charge in [0, 0.05) is 19.2 Å². The lowest BCUT2D eigenvalue weighted by molar-refractivity contribution is -0.265. The number of nitrogens with zero attached hydrogens (tertiary/aromatic N) is 2. The summed E-state index contributed by atoms with van der Waals surface area (Å²) in [7, 11) is 1.40. The van der Waals surface area contributed by atoms with Crippen LogP contribution in [0.4, 0.5) is 0 Å². The van der Waals surface area contributed by atoms with Crippen LogP contribution in [0.2, 0.25) is 0 Å². The van der Waals surface area contributed by atoms with Crippen LogP contribution in [0, 0.1) is 6.92 Å². The second-order valence-electron chi connectivity index (χ2n) is 11.0. The zero-order valence-corrected chi connectivity index (χ0v) is 25.8. The SMILES string of the molecule is COC(c1ccccc1)(c1ccccc1)[C@H](Oc1nc(C)cc(COCc2ccccc2)n1)C(=O)O[C@@H]1O[C@H](C(=O)O)C[C@H](O)[C@H]1O. The molecule has 3 aromatic carbocycles. The molecule has 1 aromatic heterocycles. The first kappa shape index (κ1) is 33.6. The molecule has 0 saturated carbocycles. The number of carboxylic acids is 1. The maximum absolute atomic E-state index is 14.3. The molecular formula is C35H36N2O10. The fraction of sp³-hybridized carbons (Fsp3) is 0.314. The van der Waals surface area contributed by atoms with Crippen molar-refractivity contribution in [2.24, 2.45) is 0 Å². The summed E-state index contributed by atoms with van der Waals surface area (Å²) in [4.78, 5) is 34.9. The average molecular weight is 645 g/mol. The molecule has 0 aliphatic carbocycles. The van der Waals surface area contributed by atoms with Crippen LogP contribution < -0.4 is 4.74 Å². The highest BCUT2D eigenvalue weighted by molar-refractivity contribution is 5.79. The van der Waals surface area contributed by atoms with Gasteiger partial charge in [-0.3, -0.25) is 0 Å². The van der Waals surface area contributed by atoms with Crippen molar-refractivity contribution in [2.45, 2.75) is 62.9 Å². The maximum atomic E-state index is 14.3. The molecule has 1 saturated heterocycles. The zero-order valence-electron chi connectivity index (χ0n) is 25.8. The van der Waals surface area contributed by atoms with Crippen LogP contribution in [0.25, 0.3) is 0 Å². The van der Waals surface area contributed by atoms with Crippen molar-refractivity contribution in [2.75, 3.05) is 7.11 Å². The van der Waals surface area contributed by atoms with E-state index in [1.165, 1.54) is 7.11 Å². The molecule has 1 aliphatic heterocycles. The van der Waals surface area contributed by atoms with Crippen molar-refractivity contribution in [3.05, 3.63) is 125 Å². The molecule has 0 bridgehead atoms. The Morgan fingerprint density at radius 1 is 0.915 bits per heavy atom. The number of benzene rings is 3. The Kier molecular flexibility index (Phi) is 10.9. The predicted octanol–water partition coefficient (Wildman–Crippen LogP) is 3.30. The van der Waals surface area contributed by atoms with E-state index in [1.54, 1.807) is 73.7 Å². The van der Waals surface area contributed by atoms with Gasteiger partial charge < -0.3 is 39.0 Å². The Bertz CT molecular complexity index is 1580. The van der Waals surface area contributed by atoms with Gasteiger partial charge in [0.05, 0.1) is 25.0 Å². The fourth-order valence-electron chi connectivity index (χ4n) is 5.44. The average Bonchev–Trinajstić information content (AvgIpc) is 3.08. The topological polar surface area (TPSA) is 167 Å². The Morgan fingerprint density at radius 2 is 1.51 bits per heavy atom. The van der Waals surface area contributed by atoms with Crippen LogP contribution in [0.1, 0.15) is 34.5 Å². The summed E-state index contributed by atoms with van der Waals surface area (Å²) in [6.45, 7) is 2.20. The summed E-state index contributed by atoms with van der Waals surface area (Å²) in [6.07, 6.45) is -8.71. The molecule has 5 rings (SSSR count). The lowest BCUT2D eigenvalue weighted by Gasteiger charge is -2.40. The van der Waals surface area contributed by atoms with Gasteiger partial charge in [-0.1, -0.05) is 91.0 Å². The van der Waals surface area contributed by atoms with E-state index in [-0.39, 0.29) is 12.6 Å². The van der Waals surface area contributed by atoms with Gasteiger partial charge in [-0.15, -0.1) is 0 Å². The quantitative estimate of drug-likeness (QED) is 0.182. The standard InChI is InChI=1S/C35H36N2O10/c1-22-18-26(21-44-20-23-12-6-3-7-13-23)37-34(36-22)46-30(32(42)47-33-29(39)27(38)19-28(45-33)31(40)41)35(43-2,24-14-8-4-9-15-24)25-16-10-5-11-17-25/h3-18,27-30,33,38-39H,19-21H2,1-2H3,(H,40,41)/t27-,28-,29+,30+,33-/m0/s1. The minimum Gasteiger partial charge on any atom is -0.479 e. The molecule has 0 spiro atoms. The third kappa shape index (κ3) is 7.81. The molecular weight excluding hydrogens is 608 g/mol. The molecule has 1 fully saturated rings. The summed E-state index contributed by atoms with van der Waals surface area (Å²) in [5, 5.41) is 30.5. The molecule has 1 aliphatic rings. The van der Waals surface area contributed by atoms with E-state index >= 15 is 0 Å². The minimum atomic E-state index is -1.83. The van der Waals surface area contributed by atoms with Gasteiger partial charge in [0.15, 0.2) is 11.7 Å². The minimum absolute atomic E-state index is 0.118. The van der Waals surface area contributed by atoms with Gasteiger partial charge in [0.1, 0.15) is 6.10 Å². The second-order valence-corrected chi connectivity index (χ2v) is 11.0. The van der Waals surface area contributed by atoms with Gasteiger partial charge >= 0.3 is 17.9 Å². The first-order chi connectivity index (χ1) is 22.7. The van der Waals surface area contributed by atoms with Crippen LogP contribution in [0.15, 0.2) is 97.1 Å². The van der Waals surface area contributed by atoms with E-state index in [0.717, 1.165) is 5.56 Å². The molecule has 3 N–H and O–H groups in total. The van der Waals surface area contributed by atoms with E-state index in [1.807, 2.05) is 30.3 Å². The van der Waals surface area contributed by atoms with Gasteiger partial charge in [-0.25, -0.2) is 14.6 Å². The predicted molar refractivity (Wildman–Crippen MR) is 166 cm³/mol. The van der Waals surface area contributed by atoms with Gasteiger partial charge in [-0.05, 0) is 29.7 Å². The van der Waals surface area contributed by atoms with Gasteiger partial charge in [-0.2, -0.15) is 4.98 Å². The number of aryl methyl sites for hydroxylation is 1. The number of aromatic nitrogens is 2. The Hall–Kier alpha value is -4.72. The first-order valence-electron chi connectivity index (χ1n) is 14.9. The Labute approximate surface area is 271 Å². The monoisotopic (exact) mass is 644 g/mol. The number of hydrogen-bond donors (Lipinski definition) is 3. The van der Waals surface area contributed by atoms with Crippen LogP contribution in [-0.4, -0.2) is 75.0 Å². The number of carbonyl (C=O) groups excluding carboxylic acids is 1. The third-order valence-electron chi connectivity index (χ3n) is 7.72. The smallest absolute Gasteiger partial charge is 0.353 e. The molecule has 5 atom stereocenters. The molecule has 2 heterocycles. The number of carbonyl (C=O) groups is 2. The molecule has 12 nitrogen and oxygen atoms in total. The molecule has 0 unspecified atom stereocenters. The summed E-state index contributed by atoms with van der Waals surface area (Å²) in [5.41, 5.74) is 1.32. The number of hydrogen-bond acceptors (Lipinski definition) is 11. The van der Waals surface area contributed by atoms with Crippen LogP contribution in [0.3, 0.4) is 0 Å². The van der Waals surface area contributed by atoms with Gasteiger partial charge in [0.2, 0.25) is 12.4 Å². The highest BCUT2D eigenvalue weighted by Crippen LogP contribution is 2.39. The summed E-state index contributed by atoms with van der Waals surface area (Å²) >= 11 is 0. The van der Waals surface area contributed by atoms with Crippen molar-refractivity contribution in [3.63, 3.8) is 0 Å². The third-order valence-corrected chi connectivity index (χ3v) is 7.72. The maximum Gasteiger partial charge on any atom is 0.353 e. The second kappa shape index (κ2) is 15.2. The highest BCUT2D eigenvalue weighted by atomic mass is 16.7. The van der Waals surface area contributed by atoms with Crippen LogP contribution >= 0.6 is 0 Å². The van der Waals surface area contributed by atoms with E-state index < -0.39 is 54.7 Å². The van der Waals surface area contributed by atoms with E-state index in [9.17, 15) is 24.9 Å². The van der Waals surface area contributed by atoms with E-state index in [4.69, 9.17) is 23.7 Å². The van der Waals surface area contributed by atoms with E-state index in [2.05, 4.69) is 9.97 Å². The van der Waals surface area contributed by atoms with Crippen molar-refractivity contribution >= 4 is 11.9 Å². The van der Waals surface area contributed by atoms with E-state index in [0.29, 0.717) is 29.1 Å². The molecule has 0 amide bonds. The van der Waals surface area contributed by atoms with Crippen LogP contribution in [0.5, 0.6) is 6.01 Å². The number of aliphatic hydroxyl groups excluding tert-OH is 2. The van der Waals surface area contributed by atoms with Crippen molar-refractivity contribution in [3.8, 4) is 6.01 Å². The molecule has 47 heavy (non-hydrogen) atoms. The summed E-state index contributed by atoms with van der Waals surface area (Å²) in [6, 6.07) is 28.8. The largest absolute Gasteiger partial charge is 0.479 e. The number of methoxy groups -OCH3 is 1. The molecule has 246 valence electrons. The van der Waals surface area contributed by atoms with Crippen molar-refractivity contribution in [1.82, 2.24) is 9.97 Å². The lowest BCUT2D eigenvalue weighted by atomic mass is 9.81. The van der Waals surface area contributed by atoms with Crippen molar-refractivity contribution < 1.29 is 48.6 Å².